The van der Waals surface area contributed by atoms with Crippen LogP contribution in [0.4, 0.5) is 0 Å². The second kappa shape index (κ2) is 7.91. The van der Waals surface area contributed by atoms with E-state index in [1.807, 2.05) is 13.0 Å². The Labute approximate surface area is 99.9 Å². The Hall–Kier alpha value is -1.31. The Morgan fingerprint density at radius 2 is 2.00 bits per heavy atom. The molecule has 0 rings (SSSR count). The summed E-state index contributed by atoms with van der Waals surface area (Å²) in [6.07, 6.45) is 6.34. The zero-order valence-electron chi connectivity index (χ0n) is 11.0. The van der Waals surface area contributed by atoms with Crippen LogP contribution < -0.4 is 5.32 Å². The highest BCUT2D eigenvalue weighted by Crippen LogP contribution is 2.16. The Morgan fingerprint density at radius 1 is 1.38 bits per heavy atom. The number of nitrogens with one attached hydrogen (secondary N) is 1. The van der Waals surface area contributed by atoms with E-state index in [1.54, 1.807) is 0 Å². The van der Waals surface area contributed by atoms with E-state index in [4.69, 9.17) is 0 Å². The van der Waals surface area contributed by atoms with E-state index in [-0.39, 0.29) is 0 Å². The van der Waals surface area contributed by atoms with E-state index in [9.17, 15) is 0 Å². The molecule has 0 saturated carbocycles. The molecule has 0 fully saturated rings. The summed E-state index contributed by atoms with van der Waals surface area (Å²) in [4.78, 5) is 3.89. The maximum Gasteiger partial charge on any atom is 0.0328 e. The van der Waals surface area contributed by atoms with Gasteiger partial charge in [0.25, 0.3) is 0 Å². The molecule has 0 aromatic heterocycles. The monoisotopic (exact) mass is 220 g/mol. The van der Waals surface area contributed by atoms with Crippen molar-refractivity contribution in [3.05, 3.63) is 36.2 Å². The molecule has 90 valence electrons. The fraction of sp³-hybridized carbons (Fsp3) is 0.500. The maximum absolute atomic E-state index is 3.91. The fourth-order valence-corrected chi connectivity index (χ4v) is 1.31. The molecule has 0 bridgehead atoms. The molecular formula is C14H24N2. The predicted molar refractivity (Wildman–Crippen MR) is 73.6 cm³/mol. The van der Waals surface area contributed by atoms with Crippen molar-refractivity contribution >= 4 is 6.72 Å². The van der Waals surface area contributed by atoms with Crippen LogP contribution >= 0.6 is 0 Å². The minimum absolute atomic E-state index is 0.455. The lowest BCUT2D eigenvalue weighted by Gasteiger charge is -2.13. The first-order valence-corrected chi connectivity index (χ1v) is 5.77. The molecule has 1 unspecified atom stereocenters. The third-order valence-electron chi connectivity index (χ3n) is 2.59. The van der Waals surface area contributed by atoms with Crippen LogP contribution in [0.3, 0.4) is 0 Å². The minimum atomic E-state index is 0.455. The average molecular weight is 220 g/mol. The van der Waals surface area contributed by atoms with Crippen molar-refractivity contribution in [2.24, 2.45) is 16.8 Å². The standard InChI is InChI=1S/C14H24N2/c1-7-16-13(4)9-8-11(2)12(3)10-14(5)15-6/h8-12,16H,4,6-7H2,1-3,5H3/b9-8-,14-10-/t11?,12-/m1/s1. The van der Waals surface area contributed by atoms with Crippen molar-refractivity contribution < 1.29 is 0 Å². The molecule has 0 aliphatic heterocycles. The highest BCUT2D eigenvalue weighted by Gasteiger charge is 2.06. The Morgan fingerprint density at radius 3 is 2.50 bits per heavy atom. The highest BCUT2D eigenvalue weighted by atomic mass is 14.8. The molecule has 0 saturated heterocycles. The quantitative estimate of drug-likeness (QED) is 0.515. The number of aliphatic imine (C=N–C) groups is 1. The molecule has 0 radical (unpaired) electrons. The summed E-state index contributed by atoms with van der Waals surface area (Å²) < 4.78 is 0. The van der Waals surface area contributed by atoms with E-state index in [0.717, 1.165) is 17.9 Å². The van der Waals surface area contributed by atoms with Crippen LogP contribution in [0.1, 0.15) is 27.7 Å². The Kier molecular flexibility index (Phi) is 7.27. The molecule has 0 aromatic rings. The smallest absolute Gasteiger partial charge is 0.0328 e. The van der Waals surface area contributed by atoms with Crippen molar-refractivity contribution in [3.8, 4) is 0 Å². The topological polar surface area (TPSA) is 24.4 Å². The van der Waals surface area contributed by atoms with Gasteiger partial charge in [0, 0.05) is 17.9 Å². The molecule has 2 atom stereocenters. The van der Waals surface area contributed by atoms with E-state index in [0.29, 0.717) is 11.8 Å². The SMILES string of the molecule is C=N/C(C)=C\[C@@H](C)C(C)/C=C\C(=C)NCC. The van der Waals surface area contributed by atoms with Gasteiger partial charge in [0.1, 0.15) is 0 Å². The molecule has 0 aliphatic rings. The first-order valence-electron chi connectivity index (χ1n) is 5.77. The molecule has 0 heterocycles. The zero-order chi connectivity index (χ0) is 12.6. The molecule has 16 heavy (non-hydrogen) atoms. The van der Waals surface area contributed by atoms with Crippen molar-refractivity contribution in [1.29, 1.82) is 0 Å². The second-order valence-electron chi connectivity index (χ2n) is 4.10. The van der Waals surface area contributed by atoms with Crippen LogP contribution in [-0.4, -0.2) is 13.3 Å². The van der Waals surface area contributed by atoms with Gasteiger partial charge in [-0.2, -0.15) is 0 Å². The van der Waals surface area contributed by atoms with Crippen LogP contribution in [0, 0.1) is 11.8 Å². The van der Waals surface area contributed by atoms with Crippen LogP contribution in [0.15, 0.2) is 41.2 Å². The van der Waals surface area contributed by atoms with Crippen LogP contribution in [0.25, 0.3) is 0 Å². The molecular weight excluding hydrogens is 196 g/mol. The predicted octanol–water partition coefficient (Wildman–Crippen LogP) is 3.54. The van der Waals surface area contributed by atoms with E-state index in [1.165, 1.54) is 0 Å². The minimum Gasteiger partial charge on any atom is -0.386 e. The number of allylic oxidation sites excluding steroid dienone is 4. The number of likely N-dealkylation sites (N-methyl/N-ethyl adjacent to an activating group) is 1. The lowest BCUT2D eigenvalue weighted by molar-refractivity contribution is 0.554. The van der Waals surface area contributed by atoms with Crippen LogP contribution in [0.2, 0.25) is 0 Å². The third-order valence-corrected chi connectivity index (χ3v) is 2.59. The Bertz CT molecular complexity index is 287. The summed E-state index contributed by atoms with van der Waals surface area (Å²) >= 11 is 0. The highest BCUT2D eigenvalue weighted by molar-refractivity contribution is 5.28. The van der Waals surface area contributed by atoms with Crippen molar-refractivity contribution in [3.63, 3.8) is 0 Å². The van der Waals surface area contributed by atoms with Gasteiger partial charge in [0.2, 0.25) is 0 Å². The van der Waals surface area contributed by atoms with Gasteiger partial charge in [0.15, 0.2) is 0 Å². The van der Waals surface area contributed by atoms with Crippen molar-refractivity contribution in [2.45, 2.75) is 27.7 Å². The van der Waals surface area contributed by atoms with Crippen LogP contribution in [0.5, 0.6) is 0 Å². The van der Waals surface area contributed by atoms with Crippen LogP contribution in [-0.2, 0) is 0 Å². The molecule has 0 amide bonds. The van der Waals surface area contributed by atoms with Gasteiger partial charge in [-0.25, -0.2) is 0 Å². The normalized spacial score (nSPS) is 15.9. The van der Waals surface area contributed by atoms with E-state index >= 15 is 0 Å². The zero-order valence-corrected chi connectivity index (χ0v) is 11.0. The largest absolute Gasteiger partial charge is 0.386 e. The van der Waals surface area contributed by atoms with E-state index < -0.39 is 0 Å². The number of hydrogen-bond donors (Lipinski definition) is 1. The number of nitrogens with zero attached hydrogens (tertiary/aromatic N) is 1. The fourth-order valence-electron chi connectivity index (χ4n) is 1.31. The molecule has 0 aromatic carbocycles. The molecule has 1 N–H and O–H groups in total. The first-order chi connectivity index (χ1) is 7.51. The summed E-state index contributed by atoms with van der Waals surface area (Å²) in [6, 6.07) is 0. The summed E-state index contributed by atoms with van der Waals surface area (Å²) in [5.74, 6) is 0.920. The second-order valence-corrected chi connectivity index (χ2v) is 4.10. The Balaban J connectivity index is 4.29. The van der Waals surface area contributed by atoms with Gasteiger partial charge in [-0.05, 0) is 38.5 Å². The van der Waals surface area contributed by atoms with Gasteiger partial charge >= 0.3 is 0 Å². The summed E-state index contributed by atoms with van der Waals surface area (Å²) in [6.45, 7) is 16.7. The van der Waals surface area contributed by atoms with Gasteiger partial charge in [0.05, 0.1) is 0 Å². The molecule has 0 spiro atoms. The van der Waals surface area contributed by atoms with Gasteiger partial charge in [-0.1, -0.05) is 32.6 Å². The summed E-state index contributed by atoms with van der Waals surface area (Å²) in [5, 5.41) is 3.17. The lowest BCUT2D eigenvalue weighted by Crippen LogP contribution is -2.09. The summed E-state index contributed by atoms with van der Waals surface area (Å²) in [5.41, 5.74) is 1.95. The maximum atomic E-state index is 3.91. The molecule has 2 nitrogen and oxygen atoms in total. The number of rotatable bonds is 7. The van der Waals surface area contributed by atoms with Gasteiger partial charge < -0.3 is 5.32 Å². The van der Waals surface area contributed by atoms with Crippen molar-refractivity contribution in [2.75, 3.05) is 6.54 Å². The first kappa shape index (κ1) is 14.7. The average Bonchev–Trinajstić information content (AvgIpc) is 2.25. The van der Waals surface area contributed by atoms with Gasteiger partial charge in [-0.15, -0.1) is 0 Å². The van der Waals surface area contributed by atoms with Gasteiger partial charge in [-0.3, -0.25) is 4.99 Å². The van der Waals surface area contributed by atoms with E-state index in [2.05, 4.69) is 56.5 Å². The molecule has 2 heteroatoms. The number of hydrogen-bond acceptors (Lipinski definition) is 2. The molecule has 0 aliphatic carbocycles. The summed E-state index contributed by atoms with van der Waals surface area (Å²) in [7, 11) is 0. The third kappa shape index (κ3) is 6.23. The lowest BCUT2D eigenvalue weighted by atomic mass is 9.94. The van der Waals surface area contributed by atoms with Crippen molar-refractivity contribution in [1.82, 2.24) is 5.32 Å².